The number of hydrogen-bond acceptors (Lipinski definition) is 3. The smallest absolute Gasteiger partial charge is 0.308 e. The number of aryl methyl sites for hydroxylation is 1. The van der Waals surface area contributed by atoms with Gasteiger partial charge in [0.2, 0.25) is 0 Å². The number of thiophene rings is 1. The molecule has 0 spiro atoms. The number of anilines is 1. The number of hydrogen-bond donors (Lipinski definition) is 2. The van der Waals surface area contributed by atoms with E-state index in [9.17, 15) is 4.79 Å². The fraction of sp³-hybridized carbons (Fsp3) is 0.214. The van der Waals surface area contributed by atoms with Crippen LogP contribution in [0.1, 0.15) is 15.3 Å². The largest absolute Gasteiger partial charge is 0.481 e. The molecule has 0 saturated carbocycles. The van der Waals surface area contributed by atoms with Crippen LogP contribution in [0.25, 0.3) is 0 Å². The minimum absolute atomic E-state index is 0.0879. The molecule has 0 amide bonds. The van der Waals surface area contributed by atoms with E-state index in [0.717, 1.165) is 26.0 Å². The van der Waals surface area contributed by atoms with E-state index in [1.165, 1.54) is 11.3 Å². The van der Waals surface area contributed by atoms with Gasteiger partial charge < -0.3 is 10.4 Å². The first kappa shape index (κ1) is 13.9. The van der Waals surface area contributed by atoms with Crippen LogP contribution in [0.15, 0.2) is 30.3 Å². The summed E-state index contributed by atoms with van der Waals surface area (Å²) in [6.07, 6.45) is 0.0879. The van der Waals surface area contributed by atoms with Crippen LogP contribution in [0.3, 0.4) is 0 Å². The van der Waals surface area contributed by atoms with E-state index in [1.54, 1.807) is 0 Å². The monoisotopic (exact) mass is 295 g/mol. The average Bonchev–Trinajstić information content (AvgIpc) is 2.74. The van der Waals surface area contributed by atoms with Gasteiger partial charge in [0.1, 0.15) is 0 Å². The Morgan fingerprint density at radius 3 is 2.74 bits per heavy atom. The number of aliphatic carboxylic acids is 1. The van der Waals surface area contributed by atoms with Crippen LogP contribution >= 0.6 is 22.9 Å². The van der Waals surface area contributed by atoms with Crippen molar-refractivity contribution in [1.82, 2.24) is 0 Å². The molecule has 0 aliphatic rings. The summed E-state index contributed by atoms with van der Waals surface area (Å²) in [6, 6.07) is 9.53. The third-order valence-corrected chi connectivity index (χ3v) is 4.00. The summed E-state index contributed by atoms with van der Waals surface area (Å²) in [5.41, 5.74) is 2.13. The molecule has 0 aliphatic carbocycles. The molecule has 19 heavy (non-hydrogen) atoms. The zero-order valence-corrected chi connectivity index (χ0v) is 12.0. The number of carbonyl (C=O) groups is 1. The first-order chi connectivity index (χ1) is 9.04. The van der Waals surface area contributed by atoms with Gasteiger partial charge >= 0.3 is 5.97 Å². The van der Waals surface area contributed by atoms with Crippen molar-refractivity contribution in [2.45, 2.75) is 19.9 Å². The molecule has 1 heterocycles. The van der Waals surface area contributed by atoms with Crippen molar-refractivity contribution < 1.29 is 9.90 Å². The van der Waals surface area contributed by atoms with Gasteiger partial charge in [-0.15, -0.1) is 11.3 Å². The highest BCUT2D eigenvalue weighted by atomic mass is 35.5. The summed E-state index contributed by atoms with van der Waals surface area (Å²) in [5.74, 6) is -0.796. The van der Waals surface area contributed by atoms with Crippen LogP contribution in [0, 0.1) is 6.92 Å². The highest BCUT2D eigenvalue weighted by molar-refractivity contribution is 7.12. The predicted molar refractivity (Wildman–Crippen MR) is 79.2 cm³/mol. The third-order valence-electron chi connectivity index (χ3n) is 2.68. The predicted octanol–water partition coefficient (Wildman–Crippen LogP) is 3.95. The second-order valence-corrected chi connectivity index (χ2v) is 5.94. The third kappa shape index (κ3) is 3.98. The minimum Gasteiger partial charge on any atom is -0.481 e. The molecule has 0 aliphatic heterocycles. The Kier molecular flexibility index (Phi) is 4.45. The topological polar surface area (TPSA) is 49.3 Å². The molecule has 2 N–H and O–H groups in total. The lowest BCUT2D eigenvalue weighted by Crippen LogP contribution is -1.99. The molecule has 0 unspecified atom stereocenters. The molecule has 0 radical (unpaired) electrons. The molecular weight excluding hydrogens is 282 g/mol. The van der Waals surface area contributed by atoms with Crippen LogP contribution in [0.4, 0.5) is 5.69 Å². The number of rotatable bonds is 5. The van der Waals surface area contributed by atoms with Gasteiger partial charge in [-0.3, -0.25) is 4.79 Å². The molecule has 0 bridgehead atoms. The van der Waals surface area contributed by atoms with E-state index in [-0.39, 0.29) is 6.42 Å². The first-order valence-electron chi connectivity index (χ1n) is 5.84. The van der Waals surface area contributed by atoms with Crippen molar-refractivity contribution in [2.24, 2.45) is 0 Å². The van der Waals surface area contributed by atoms with Gasteiger partial charge in [-0.05, 0) is 42.8 Å². The fourth-order valence-electron chi connectivity index (χ4n) is 1.77. The van der Waals surface area contributed by atoms with E-state index in [4.69, 9.17) is 16.7 Å². The zero-order valence-electron chi connectivity index (χ0n) is 10.4. The summed E-state index contributed by atoms with van der Waals surface area (Å²) >= 11 is 7.42. The summed E-state index contributed by atoms with van der Waals surface area (Å²) in [5, 5.41) is 12.8. The molecule has 1 aromatic heterocycles. The molecule has 3 nitrogen and oxygen atoms in total. The van der Waals surface area contributed by atoms with Gasteiger partial charge in [0.15, 0.2) is 0 Å². The SMILES string of the molecule is Cc1cc(Cl)ccc1NCc1ccc(CC(=O)O)s1. The van der Waals surface area contributed by atoms with E-state index in [1.807, 2.05) is 37.3 Å². The second kappa shape index (κ2) is 6.08. The van der Waals surface area contributed by atoms with Gasteiger partial charge in [0.05, 0.1) is 6.42 Å². The number of carboxylic acids is 1. The van der Waals surface area contributed by atoms with Gasteiger partial charge in [-0.25, -0.2) is 0 Å². The highest BCUT2D eigenvalue weighted by Crippen LogP contribution is 2.22. The van der Waals surface area contributed by atoms with E-state index < -0.39 is 5.97 Å². The van der Waals surface area contributed by atoms with Crippen LogP contribution < -0.4 is 5.32 Å². The van der Waals surface area contributed by atoms with E-state index >= 15 is 0 Å². The standard InChI is InChI=1S/C14H14ClNO2S/c1-9-6-10(15)2-5-13(9)16-8-12-4-3-11(19-12)7-14(17)18/h2-6,16H,7-8H2,1H3,(H,17,18). The molecule has 0 fully saturated rings. The van der Waals surface area contributed by atoms with Crippen LogP contribution in [-0.2, 0) is 17.8 Å². The summed E-state index contributed by atoms with van der Waals surface area (Å²) in [7, 11) is 0. The lowest BCUT2D eigenvalue weighted by Gasteiger charge is -2.08. The molecule has 2 aromatic rings. The fourth-order valence-corrected chi connectivity index (χ4v) is 2.94. The molecule has 100 valence electrons. The average molecular weight is 296 g/mol. The van der Waals surface area contributed by atoms with Crippen molar-refractivity contribution in [1.29, 1.82) is 0 Å². The zero-order chi connectivity index (χ0) is 13.8. The maximum Gasteiger partial charge on any atom is 0.308 e. The Balaban J connectivity index is 1.98. The molecule has 1 aromatic carbocycles. The lowest BCUT2D eigenvalue weighted by atomic mass is 10.2. The molecule has 2 rings (SSSR count). The maximum absolute atomic E-state index is 10.6. The summed E-state index contributed by atoms with van der Waals surface area (Å²) < 4.78 is 0. The number of carboxylic acid groups (broad SMARTS) is 1. The van der Waals surface area contributed by atoms with Crippen LogP contribution in [0.5, 0.6) is 0 Å². The Labute approximate surface area is 120 Å². The Morgan fingerprint density at radius 1 is 1.32 bits per heavy atom. The Bertz CT molecular complexity index is 595. The van der Waals surface area contributed by atoms with Crippen molar-refractivity contribution >= 4 is 34.6 Å². The van der Waals surface area contributed by atoms with Crippen molar-refractivity contribution in [3.05, 3.63) is 50.7 Å². The number of nitrogens with one attached hydrogen (secondary N) is 1. The van der Waals surface area contributed by atoms with Crippen molar-refractivity contribution in [3.63, 3.8) is 0 Å². The van der Waals surface area contributed by atoms with Crippen molar-refractivity contribution in [2.75, 3.05) is 5.32 Å². The maximum atomic E-state index is 10.6. The molecular formula is C14H14ClNO2S. The molecule has 5 heteroatoms. The summed E-state index contributed by atoms with van der Waals surface area (Å²) in [6.45, 7) is 2.69. The van der Waals surface area contributed by atoms with Crippen molar-refractivity contribution in [3.8, 4) is 0 Å². The first-order valence-corrected chi connectivity index (χ1v) is 7.03. The van der Waals surface area contributed by atoms with E-state index in [0.29, 0.717) is 6.54 Å². The summed E-state index contributed by atoms with van der Waals surface area (Å²) in [4.78, 5) is 12.6. The Morgan fingerprint density at radius 2 is 2.05 bits per heavy atom. The van der Waals surface area contributed by atoms with Crippen LogP contribution in [-0.4, -0.2) is 11.1 Å². The minimum atomic E-state index is -0.796. The van der Waals surface area contributed by atoms with Gasteiger partial charge in [0, 0.05) is 27.0 Å². The number of halogens is 1. The van der Waals surface area contributed by atoms with Gasteiger partial charge in [-0.1, -0.05) is 11.6 Å². The number of benzene rings is 1. The Hall–Kier alpha value is -1.52. The van der Waals surface area contributed by atoms with Gasteiger partial charge in [-0.2, -0.15) is 0 Å². The highest BCUT2D eigenvalue weighted by Gasteiger charge is 2.05. The molecule has 0 saturated heterocycles. The van der Waals surface area contributed by atoms with E-state index in [2.05, 4.69) is 5.32 Å². The quantitative estimate of drug-likeness (QED) is 0.878. The van der Waals surface area contributed by atoms with Gasteiger partial charge in [0.25, 0.3) is 0 Å². The normalized spacial score (nSPS) is 10.4. The lowest BCUT2D eigenvalue weighted by molar-refractivity contribution is -0.136. The van der Waals surface area contributed by atoms with Crippen LogP contribution in [0.2, 0.25) is 5.02 Å². The second-order valence-electron chi connectivity index (χ2n) is 4.25. The molecule has 0 atom stereocenters.